The molecule has 0 aromatic heterocycles. The van der Waals surface area contributed by atoms with Crippen molar-refractivity contribution in [3.05, 3.63) is 0 Å². The van der Waals surface area contributed by atoms with Crippen LogP contribution >= 0.6 is 12.4 Å². The molecule has 1 fully saturated rings. The molecule has 21 heavy (non-hydrogen) atoms. The highest BCUT2D eigenvalue weighted by Crippen LogP contribution is 2.28. The minimum atomic E-state index is -0.331. The smallest absolute Gasteiger partial charge is 0.223 e. The largest absolute Gasteiger partial charge is 0.356 e. The van der Waals surface area contributed by atoms with Crippen LogP contribution in [0.3, 0.4) is 0 Å². The number of hydrogen-bond donors (Lipinski definition) is 3. The summed E-state index contributed by atoms with van der Waals surface area (Å²) in [6, 6.07) is 0. The lowest BCUT2D eigenvalue weighted by atomic mass is 9.90. The Morgan fingerprint density at radius 3 is 2.43 bits per heavy atom. The number of halogens is 1. The van der Waals surface area contributed by atoms with Gasteiger partial charge in [-0.05, 0) is 38.5 Å². The van der Waals surface area contributed by atoms with Gasteiger partial charge in [0, 0.05) is 31.0 Å². The maximum absolute atomic E-state index is 11.9. The van der Waals surface area contributed by atoms with E-state index >= 15 is 0 Å². The van der Waals surface area contributed by atoms with Gasteiger partial charge in [0.25, 0.3) is 0 Å². The van der Waals surface area contributed by atoms with Gasteiger partial charge in [0.2, 0.25) is 11.8 Å². The summed E-state index contributed by atoms with van der Waals surface area (Å²) in [6.45, 7) is 7.24. The first-order chi connectivity index (χ1) is 9.36. The normalized spacial score (nSPS) is 16.8. The lowest BCUT2D eigenvalue weighted by Crippen LogP contribution is -2.52. The van der Waals surface area contributed by atoms with Crippen molar-refractivity contribution in [2.45, 2.75) is 58.4 Å². The molecule has 1 unspecified atom stereocenters. The summed E-state index contributed by atoms with van der Waals surface area (Å²) in [4.78, 5) is 23.3. The van der Waals surface area contributed by atoms with Crippen LogP contribution < -0.4 is 16.4 Å². The van der Waals surface area contributed by atoms with E-state index in [0.717, 1.165) is 19.3 Å². The highest BCUT2D eigenvalue weighted by atomic mass is 35.5. The number of nitrogens with one attached hydrogen (secondary N) is 2. The molecule has 0 radical (unpaired) electrons. The zero-order valence-electron chi connectivity index (χ0n) is 13.4. The minimum absolute atomic E-state index is 0. The van der Waals surface area contributed by atoms with Crippen LogP contribution in [0, 0.1) is 11.8 Å². The number of rotatable bonds is 9. The van der Waals surface area contributed by atoms with Gasteiger partial charge in [-0.1, -0.05) is 13.8 Å². The van der Waals surface area contributed by atoms with Gasteiger partial charge < -0.3 is 16.4 Å². The van der Waals surface area contributed by atoms with Gasteiger partial charge in [-0.25, -0.2) is 0 Å². The number of amides is 2. The number of nitrogens with two attached hydrogens (primary N) is 1. The molecular formula is C15H30ClN3O2. The first-order valence-electron chi connectivity index (χ1n) is 7.65. The molecule has 1 rings (SSSR count). The Bertz CT molecular complexity index is 346. The molecule has 0 spiro atoms. The summed E-state index contributed by atoms with van der Waals surface area (Å²) < 4.78 is 0. The molecule has 0 aromatic carbocycles. The Balaban J connectivity index is 0.00000400. The second-order valence-corrected chi connectivity index (χ2v) is 6.58. The van der Waals surface area contributed by atoms with Crippen molar-refractivity contribution in [2.24, 2.45) is 17.6 Å². The Hall–Kier alpha value is -0.810. The number of carbonyl (C=O) groups excluding carboxylic acids is 2. The average molecular weight is 320 g/mol. The molecule has 0 heterocycles. The van der Waals surface area contributed by atoms with Gasteiger partial charge in [0.05, 0.1) is 0 Å². The minimum Gasteiger partial charge on any atom is -0.356 e. The fourth-order valence-corrected chi connectivity index (χ4v) is 2.44. The molecular weight excluding hydrogens is 290 g/mol. The van der Waals surface area contributed by atoms with Crippen LogP contribution in [-0.4, -0.2) is 30.4 Å². The van der Waals surface area contributed by atoms with E-state index in [2.05, 4.69) is 24.5 Å². The third-order valence-electron chi connectivity index (χ3n) is 3.58. The molecule has 0 aliphatic heterocycles. The van der Waals surface area contributed by atoms with Gasteiger partial charge >= 0.3 is 0 Å². The van der Waals surface area contributed by atoms with Gasteiger partial charge in [-0.3, -0.25) is 9.59 Å². The molecule has 6 heteroatoms. The van der Waals surface area contributed by atoms with E-state index in [1.54, 1.807) is 0 Å². The Labute approximate surface area is 134 Å². The van der Waals surface area contributed by atoms with Gasteiger partial charge in [-0.2, -0.15) is 0 Å². The van der Waals surface area contributed by atoms with E-state index in [1.165, 1.54) is 0 Å². The molecule has 1 aliphatic rings. The topological polar surface area (TPSA) is 84.2 Å². The summed E-state index contributed by atoms with van der Waals surface area (Å²) in [5.74, 6) is 0.869. The van der Waals surface area contributed by atoms with Crippen LogP contribution in [0.1, 0.15) is 52.9 Å². The second kappa shape index (κ2) is 9.26. The van der Waals surface area contributed by atoms with E-state index in [0.29, 0.717) is 31.8 Å². The van der Waals surface area contributed by atoms with Gasteiger partial charge in [0.1, 0.15) is 0 Å². The summed E-state index contributed by atoms with van der Waals surface area (Å²) in [7, 11) is 0. The molecule has 0 saturated heterocycles. The first kappa shape index (κ1) is 20.2. The second-order valence-electron chi connectivity index (χ2n) is 6.58. The third kappa shape index (κ3) is 8.27. The molecule has 1 aliphatic carbocycles. The standard InChI is InChI=1S/C15H29N3O2.ClH/c1-11(2)9-15(3,10-16)18-13(19)5-4-8-17-14(20)12-6-7-12;/h11-12H,4-10,16H2,1-3H3,(H,17,20)(H,18,19);1H. The Morgan fingerprint density at radius 1 is 1.33 bits per heavy atom. The van der Waals surface area contributed by atoms with E-state index in [-0.39, 0.29) is 35.7 Å². The fraction of sp³-hybridized carbons (Fsp3) is 0.867. The molecule has 1 atom stereocenters. The van der Waals surface area contributed by atoms with E-state index in [4.69, 9.17) is 5.73 Å². The lowest BCUT2D eigenvalue weighted by Gasteiger charge is -2.31. The van der Waals surface area contributed by atoms with Crippen molar-refractivity contribution in [1.82, 2.24) is 10.6 Å². The van der Waals surface area contributed by atoms with Crippen molar-refractivity contribution < 1.29 is 9.59 Å². The number of hydrogen-bond acceptors (Lipinski definition) is 3. The first-order valence-corrected chi connectivity index (χ1v) is 7.65. The summed E-state index contributed by atoms with van der Waals surface area (Å²) >= 11 is 0. The van der Waals surface area contributed by atoms with E-state index in [9.17, 15) is 9.59 Å². The van der Waals surface area contributed by atoms with Crippen molar-refractivity contribution >= 4 is 24.2 Å². The predicted octanol–water partition coefficient (Wildman–Crippen LogP) is 1.59. The predicted molar refractivity (Wildman–Crippen MR) is 87.3 cm³/mol. The van der Waals surface area contributed by atoms with Crippen LogP contribution in [0.25, 0.3) is 0 Å². The highest BCUT2D eigenvalue weighted by Gasteiger charge is 2.29. The average Bonchev–Trinajstić information content (AvgIpc) is 3.17. The van der Waals surface area contributed by atoms with Crippen LogP contribution in [0.2, 0.25) is 0 Å². The molecule has 4 N–H and O–H groups in total. The van der Waals surface area contributed by atoms with Crippen molar-refractivity contribution in [3.8, 4) is 0 Å². The summed E-state index contributed by atoms with van der Waals surface area (Å²) in [5.41, 5.74) is 5.44. The van der Waals surface area contributed by atoms with Crippen LogP contribution in [0.5, 0.6) is 0 Å². The highest BCUT2D eigenvalue weighted by molar-refractivity contribution is 5.85. The van der Waals surface area contributed by atoms with Crippen LogP contribution in [0.4, 0.5) is 0 Å². The monoisotopic (exact) mass is 319 g/mol. The quantitative estimate of drug-likeness (QED) is 0.564. The lowest BCUT2D eigenvalue weighted by molar-refractivity contribution is -0.124. The molecule has 0 aromatic rings. The van der Waals surface area contributed by atoms with Crippen molar-refractivity contribution in [3.63, 3.8) is 0 Å². The zero-order valence-corrected chi connectivity index (χ0v) is 14.2. The SMILES string of the molecule is CC(C)CC(C)(CN)NC(=O)CCCNC(=O)C1CC1.Cl. The van der Waals surface area contributed by atoms with E-state index in [1.807, 2.05) is 6.92 Å². The molecule has 2 amide bonds. The van der Waals surface area contributed by atoms with Crippen LogP contribution in [0.15, 0.2) is 0 Å². The number of carbonyl (C=O) groups is 2. The summed E-state index contributed by atoms with van der Waals surface area (Å²) in [6.07, 6.45) is 3.99. The molecule has 5 nitrogen and oxygen atoms in total. The maximum atomic E-state index is 11.9. The molecule has 1 saturated carbocycles. The summed E-state index contributed by atoms with van der Waals surface area (Å²) in [5, 5.41) is 5.89. The molecule has 124 valence electrons. The van der Waals surface area contributed by atoms with Crippen molar-refractivity contribution in [1.29, 1.82) is 0 Å². The van der Waals surface area contributed by atoms with Crippen molar-refractivity contribution in [2.75, 3.05) is 13.1 Å². The third-order valence-corrected chi connectivity index (χ3v) is 3.58. The zero-order chi connectivity index (χ0) is 15.2. The van der Waals surface area contributed by atoms with Crippen LogP contribution in [-0.2, 0) is 9.59 Å². The molecule has 0 bridgehead atoms. The Kier molecular flexibility index (Phi) is 8.90. The van der Waals surface area contributed by atoms with Gasteiger partial charge in [-0.15, -0.1) is 12.4 Å². The Morgan fingerprint density at radius 2 is 1.95 bits per heavy atom. The van der Waals surface area contributed by atoms with Gasteiger partial charge in [0.15, 0.2) is 0 Å². The van der Waals surface area contributed by atoms with E-state index < -0.39 is 0 Å². The fourth-order valence-electron chi connectivity index (χ4n) is 2.44. The maximum Gasteiger partial charge on any atom is 0.223 e.